The molecule has 0 unspecified atom stereocenters. The summed E-state index contributed by atoms with van der Waals surface area (Å²) in [7, 11) is 0. The third kappa shape index (κ3) is 2.54. The summed E-state index contributed by atoms with van der Waals surface area (Å²) in [6.45, 7) is 8.15. The van der Waals surface area contributed by atoms with Crippen LogP contribution in [0.4, 0.5) is 4.39 Å². The Morgan fingerprint density at radius 2 is 1.83 bits per heavy atom. The molecular formula is C15H19FN2. The zero-order valence-electron chi connectivity index (χ0n) is 11.2. The average Bonchev–Trinajstić information content (AvgIpc) is 2.73. The van der Waals surface area contributed by atoms with Gasteiger partial charge in [0.05, 0.1) is 12.0 Å². The van der Waals surface area contributed by atoms with E-state index < -0.39 is 0 Å². The molecule has 2 nitrogen and oxygen atoms in total. The lowest BCUT2D eigenvalue weighted by atomic mass is 9.90. The Hall–Kier alpha value is -1.40. The Morgan fingerprint density at radius 1 is 1.22 bits per heavy atom. The number of halogens is 1. The molecule has 0 radical (unpaired) electrons. The Balaban J connectivity index is 2.23. The third-order valence-corrected chi connectivity index (χ3v) is 3.73. The van der Waals surface area contributed by atoms with Gasteiger partial charge in [0.1, 0.15) is 5.82 Å². The van der Waals surface area contributed by atoms with Crippen molar-refractivity contribution in [2.45, 2.75) is 32.2 Å². The van der Waals surface area contributed by atoms with Crippen LogP contribution < -0.4 is 0 Å². The number of rotatable bonds is 1. The van der Waals surface area contributed by atoms with Crippen molar-refractivity contribution in [3.63, 3.8) is 0 Å². The number of likely N-dealkylation sites (tertiary alicyclic amines) is 1. The largest absolute Gasteiger partial charge is 0.297 e. The van der Waals surface area contributed by atoms with E-state index in [0.717, 1.165) is 18.7 Å². The average molecular weight is 246 g/mol. The number of nitriles is 1. The van der Waals surface area contributed by atoms with Gasteiger partial charge in [-0.3, -0.25) is 4.90 Å². The van der Waals surface area contributed by atoms with Crippen LogP contribution in [0.15, 0.2) is 24.3 Å². The standard InChI is InChI=1S/C15H19FN2/c1-15(2,3)18-9-12(8-17)14(10-18)11-4-6-13(16)7-5-11/h4-7,12,14H,9-10H2,1-3H3/t12-,14+/m0/s1. The molecule has 1 aromatic carbocycles. The fourth-order valence-electron chi connectivity index (χ4n) is 2.53. The van der Waals surface area contributed by atoms with Crippen LogP contribution in [0.5, 0.6) is 0 Å². The van der Waals surface area contributed by atoms with E-state index in [1.54, 1.807) is 12.1 Å². The van der Waals surface area contributed by atoms with Crippen LogP contribution in [-0.2, 0) is 0 Å². The molecule has 0 aromatic heterocycles. The van der Waals surface area contributed by atoms with Crippen molar-refractivity contribution in [2.75, 3.05) is 13.1 Å². The van der Waals surface area contributed by atoms with Crippen LogP contribution >= 0.6 is 0 Å². The molecule has 0 bridgehead atoms. The van der Waals surface area contributed by atoms with Crippen molar-refractivity contribution in [2.24, 2.45) is 5.92 Å². The first-order chi connectivity index (χ1) is 8.41. The molecule has 0 amide bonds. The first-order valence-electron chi connectivity index (χ1n) is 6.32. The minimum Gasteiger partial charge on any atom is -0.297 e. The fraction of sp³-hybridized carbons (Fsp3) is 0.533. The molecule has 1 aliphatic heterocycles. The molecule has 96 valence electrons. The summed E-state index contributed by atoms with van der Waals surface area (Å²) in [4.78, 5) is 2.33. The van der Waals surface area contributed by atoms with Crippen molar-refractivity contribution in [3.05, 3.63) is 35.6 Å². The first-order valence-corrected chi connectivity index (χ1v) is 6.32. The summed E-state index contributed by atoms with van der Waals surface area (Å²) in [5, 5.41) is 9.29. The predicted octanol–water partition coefficient (Wildman–Crippen LogP) is 3.16. The maximum Gasteiger partial charge on any atom is 0.123 e. The zero-order chi connectivity index (χ0) is 13.3. The minimum absolute atomic E-state index is 0.00492. The Bertz CT molecular complexity index is 453. The Morgan fingerprint density at radius 3 is 2.33 bits per heavy atom. The molecule has 0 spiro atoms. The second-order valence-corrected chi connectivity index (χ2v) is 5.97. The Kier molecular flexibility index (Phi) is 3.41. The van der Waals surface area contributed by atoms with E-state index in [1.807, 2.05) is 0 Å². The molecule has 0 aliphatic carbocycles. The second kappa shape index (κ2) is 4.70. The lowest BCUT2D eigenvalue weighted by Gasteiger charge is -2.31. The normalized spacial score (nSPS) is 25.1. The van der Waals surface area contributed by atoms with Crippen LogP contribution in [-0.4, -0.2) is 23.5 Å². The van der Waals surface area contributed by atoms with Crippen LogP contribution in [0.1, 0.15) is 32.3 Å². The highest BCUT2D eigenvalue weighted by Crippen LogP contribution is 2.35. The van der Waals surface area contributed by atoms with E-state index >= 15 is 0 Å². The maximum atomic E-state index is 12.9. The number of hydrogen-bond acceptors (Lipinski definition) is 2. The lowest BCUT2D eigenvalue weighted by Crippen LogP contribution is -2.39. The van der Waals surface area contributed by atoms with Gasteiger partial charge in [-0.05, 0) is 38.5 Å². The summed E-state index contributed by atoms with van der Waals surface area (Å²) in [5.74, 6) is -0.0394. The van der Waals surface area contributed by atoms with Crippen LogP contribution in [0.25, 0.3) is 0 Å². The van der Waals surface area contributed by atoms with E-state index in [1.165, 1.54) is 12.1 Å². The highest BCUT2D eigenvalue weighted by Gasteiger charge is 2.38. The molecule has 18 heavy (non-hydrogen) atoms. The van der Waals surface area contributed by atoms with Gasteiger partial charge in [0.25, 0.3) is 0 Å². The van der Waals surface area contributed by atoms with Gasteiger partial charge in [-0.15, -0.1) is 0 Å². The smallest absolute Gasteiger partial charge is 0.123 e. The second-order valence-electron chi connectivity index (χ2n) is 5.97. The third-order valence-electron chi connectivity index (χ3n) is 3.73. The number of nitrogens with zero attached hydrogens (tertiary/aromatic N) is 2. The fourth-order valence-corrected chi connectivity index (χ4v) is 2.53. The zero-order valence-corrected chi connectivity index (χ0v) is 11.2. The summed E-state index contributed by atoms with van der Waals surface area (Å²) < 4.78 is 12.9. The maximum absolute atomic E-state index is 12.9. The van der Waals surface area contributed by atoms with Gasteiger partial charge in [-0.25, -0.2) is 4.39 Å². The highest BCUT2D eigenvalue weighted by atomic mass is 19.1. The van der Waals surface area contributed by atoms with E-state index in [9.17, 15) is 9.65 Å². The SMILES string of the molecule is CC(C)(C)N1C[C@H](c2ccc(F)cc2)[C@@H](C#N)C1. The summed E-state index contributed by atoms with van der Waals surface area (Å²) in [5.41, 5.74) is 1.14. The number of hydrogen-bond donors (Lipinski definition) is 0. The molecule has 1 aliphatic rings. The molecule has 1 heterocycles. The molecule has 0 saturated carbocycles. The van der Waals surface area contributed by atoms with Crippen molar-refractivity contribution >= 4 is 0 Å². The molecule has 0 N–H and O–H groups in total. The van der Waals surface area contributed by atoms with Gasteiger partial charge >= 0.3 is 0 Å². The first kappa shape index (κ1) is 13.0. The molecule has 1 aromatic rings. The molecule has 1 saturated heterocycles. The molecule has 1 fully saturated rings. The summed E-state index contributed by atoms with van der Waals surface area (Å²) >= 11 is 0. The number of benzene rings is 1. The van der Waals surface area contributed by atoms with Gasteiger partial charge in [0, 0.05) is 24.5 Å². The summed E-state index contributed by atoms with van der Waals surface area (Å²) in [6.07, 6.45) is 0. The molecule has 2 atom stereocenters. The van der Waals surface area contributed by atoms with E-state index in [4.69, 9.17) is 0 Å². The van der Waals surface area contributed by atoms with Crippen LogP contribution in [0.2, 0.25) is 0 Å². The van der Waals surface area contributed by atoms with Crippen LogP contribution in [0.3, 0.4) is 0 Å². The van der Waals surface area contributed by atoms with Gasteiger partial charge in [-0.1, -0.05) is 12.1 Å². The van der Waals surface area contributed by atoms with Crippen LogP contribution in [0, 0.1) is 23.1 Å². The lowest BCUT2D eigenvalue weighted by molar-refractivity contribution is 0.170. The predicted molar refractivity (Wildman–Crippen MR) is 69.6 cm³/mol. The van der Waals surface area contributed by atoms with E-state index in [-0.39, 0.29) is 23.2 Å². The van der Waals surface area contributed by atoms with Crippen molar-refractivity contribution in [1.29, 1.82) is 5.26 Å². The highest BCUT2D eigenvalue weighted by molar-refractivity contribution is 5.25. The molecular weight excluding hydrogens is 227 g/mol. The summed E-state index contributed by atoms with van der Waals surface area (Å²) in [6, 6.07) is 8.95. The topological polar surface area (TPSA) is 27.0 Å². The monoisotopic (exact) mass is 246 g/mol. The quantitative estimate of drug-likeness (QED) is 0.761. The van der Waals surface area contributed by atoms with Crippen molar-refractivity contribution in [3.8, 4) is 6.07 Å². The van der Waals surface area contributed by atoms with Gasteiger partial charge in [0.15, 0.2) is 0 Å². The van der Waals surface area contributed by atoms with Gasteiger partial charge < -0.3 is 0 Å². The Labute approximate surface area is 108 Å². The molecule has 2 rings (SSSR count). The van der Waals surface area contributed by atoms with Crippen molar-refractivity contribution < 1.29 is 4.39 Å². The van der Waals surface area contributed by atoms with Crippen molar-refractivity contribution in [1.82, 2.24) is 4.90 Å². The van der Waals surface area contributed by atoms with Gasteiger partial charge in [-0.2, -0.15) is 5.26 Å². The minimum atomic E-state index is -0.224. The molecule has 3 heteroatoms. The van der Waals surface area contributed by atoms with E-state index in [0.29, 0.717) is 0 Å². The van der Waals surface area contributed by atoms with Gasteiger partial charge in [0.2, 0.25) is 0 Å². The van der Waals surface area contributed by atoms with E-state index in [2.05, 4.69) is 31.7 Å².